The van der Waals surface area contributed by atoms with E-state index in [2.05, 4.69) is 0 Å². The molecule has 16 heteroatoms. The Bertz CT molecular complexity index is 261. The summed E-state index contributed by atoms with van der Waals surface area (Å²) in [4.78, 5) is 21.7. The van der Waals surface area contributed by atoms with E-state index in [1.807, 2.05) is 0 Å². The van der Waals surface area contributed by atoms with Crippen molar-refractivity contribution in [2.45, 2.75) is 0 Å². The molecule has 0 aliphatic heterocycles. The number of halogens is 9. The molecule has 0 aliphatic rings. The van der Waals surface area contributed by atoms with Gasteiger partial charge in [0.1, 0.15) is 0 Å². The molecule has 0 atom stereocenters. The molecule has 0 aromatic heterocycles. The molecule has 0 spiro atoms. The highest BCUT2D eigenvalue weighted by molar-refractivity contribution is 7.38. The van der Waals surface area contributed by atoms with E-state index in [1.54, 1.807) is 0 Å². The molecular formula is C15H30Cl9O6P. The molecule has 0 saturated carbocycles. The molecule has 6 nitrogen and oxygen atoms in total. The minimum Gasteiger partial charge on any atom is -0.396 e. The van der Waals surface area contributed by atoms with Gasteiger partial charge in [0.2, 0.25) is 0 Å². The fraction of sp³-hybridized carbons (Fsp3) is 1.00. The van der Waals surface area contributed by atoms with Crippen molar-refractivity contribution in [3.8, 4) is 0 Å². The van der Waals surface area contributed by atoms with Gasteiger partial charge in [0.05, 0.1) is 19.8 Å². The van der Waals surface area contributed by atoms with Crippen molar-refractivity contribution < 1.29 is 30.0 Å². The molecule has 0 amide bonds. The first kappa shape index (κ1) is 40.9. The van der Waals surface area contributed by atoms with Crippen LogP contribution in [-0.4, -0.2) is 103 Å². The van der Waals surface area contributed by atoms with Crippen molar-refractivity contribution >= 4 is 113 Å². The Balaban J connectivity index is -0.000000162. The van der Waals surface area contributed by atoms with Crippen LogP contribution in [0.1, 0.15) is 0 Å². The molecule has 0 saturated heterocycles. The second-order valence-corrected chi connectivity index (χ2v) is 9.39. The Kier molecular flexibility index (Phi) is 34.2. The van der Waals surface area contributed by atoms with Crippen LogP contribution in [0, 0.1) is 16.2 Å². The minimum absolute atomic E-state index is 0.0521. The van der Waals surface area contributed by atoms with E-state index >= 15 is 0 Å². The monoisotopic (exact) mass is 652 g/mol. The molecule has 31 heavy (non-hydrogen) atoms. The SMILES string of the molecule is OCC(CCl)(CCl)CCl.OCC(CCl)(CCl)CCl.OCC(CCl)(CCl)CCl.OP(O)O. The van der Waals surface area contributed by atoms with Gasteiger partial charge in [0.15, 0.2) is 0 Å². The summed E-state index contributed by atoms with van der Waals surface area (Å²) in [6.45, 7) is -0.156. The smallest absolute Gasteiger partial charge is 0.324 e. The van der Waals surface area contributed by atoms with Crippen LogP contribution < -0.4 is 0 Å². The van der Waals surface area contributed by atoms with Crippen LogP contribution in [0.25, 0.3) is 0 Å². The fourth-order valence-electron chi connectivity index (χ4n) is 0.702. The zero-order valence-electron chi connectivity index (χ0n) is 16.5. The summed E-state index contributed by atoms with van der Waals surface area (Å²) in [6, 6.07) is 0. The summed E-state index contributed by atoms with van der Waals surface area (Å²) in [5, 5.41) is 26.2. The maximum atomic E-state index is 8.72. The molecule has 0 bridgehead atoms. The molecule has 0 aromatic carbocycles. The van der Waals surface area contributed by atoms with E-state index in [1.165, 1.54) is 0 Å². The lowest BCUT2D eigenvalue weighted by Gasteiger charge is -2.23. The first-order chi connectivity index (χ1) is 14.5. The Labute approximate surface area is 230 Å². The molecule has 0 aromatic rings. The number of rotatable bonds is 12. The van der Waals surface area contributed by atoms with E-state index in [4.69, 9.17) is 134 Å². The Morgan fingerprint density at radius 2 is 0.484 bits per heavy atom. The zero-order chi connectivity index (χ0) is 25.6. The third kappa shape index (κ3) is 20.7. The molecule has 0 radical (unpaired) electrons. The third-order valence-electron chi connectivity index (χ3n) is 3.56. The first-order valence-electron chi connectivity index (χ1n) is 8.20. The van der Waals surface area contributed by atoms with Crippen LogP contribution in [-0.2, 0) is 0 Å². The van der Waals surface area contributed by atoms with Crippen molar-refractivity contribution in [3.63, 3.8) is 0 Å². The van der Waals surface area contributed by atoms with Crippen LogP contribution in [0.3, 0.4) is 0 Å². The predicted octanol–water partition coefficient (Wildman–Crippen LogP) is 4.23. The van der Waals surface area contributed by atoms with Crippen LogP contribution in [0.4, 0.5) is 0 Å². The molecule has 0 heterocycles. The largest absolute Gasteiger partial charge is 0.396 e. The molecule has 0 fully saturated rings. The Morgan fingerprint density at radius 1 is 0.387 bits per heavy atom. The highest BCUT2D eigenvalue weighted by atomic mass is 35.5. The van der Waals surface area contributed by atoms with Crippen molar-refractivity contribution in [2.75, 3.05) is 72.7 Å². The summed E-state index contributed by atoms with van der Waals surface area (Å²) >= 11 is 49.5. The predicted molar refractivity (Wildman–Crippen MR) is 139 cm³/mol. The fourth-order valence-corrected chi connectivity index (χ4v) is 4.03. The summed E-state index contributed by atoms with van der Waals surface area (Å²) in [6.07, 6.45) is 0. The molecule has 6 N–H and O–H groups in total. The molecule has 194 valence electrons. The van der Waals surface area contributed by atoms with Crippen molar-refractivity contribution in [2.24, 2.45) is 16.2 Å². The van der Waals surface area contributed by atoms with Crippen LogP contribution in [0.15, 0.2) is 0 Å². The summed E-state index contributed by atoms with van der Waals surface area (Å²) in [7, 11) is -2.62. The van der Waals surface area contributed by atoms with E-state index in [-0.39, 0.29) is 19.8 Å². The number of hydrogen-bond acceptors (Lipinski definition) is 6. The lowest BCUT2D eigenvalue weighted by molar-refractivity contribution is 0.185. The summed E-state index contributed by atoms with van der Waals surface area (Å²) in [5.41, 5.74) is -1.44. The Hall–Kier alpha value is 2.80. The van der Waals surface area contributed by atoms with Gasteiger partial charge < -0.3 is 30.0 Å². The minimum atomic E-state index is -2.62. The number of alkyl halides is 9. The molecule has 0 unspecified atom stereocenters. The van der Waals surface area contributed by atoms with Gasteiger partial charge in [-0.25, -0.2) is 0 Å². The van der Waals surface area contributed by atoms with Gasteiger partial charge in [0, 0.05) is 69.2 Å². The second kappa shape index (κ2) is 25.9. The molecular weight excluding hydrogens is 626 g/mol. The standard InChI is InChI=1S/3C5H9Cl3O.H3O3P/c3*6-1-5(2-7,3-8)4-9;1-4(2)3/h3*9H,1-4H2;1-3H. The highest BCUT2D eigenvalue weighted by Crippen LogP contribution is 2.23. The maximum Gasteiger partial charge on any atom is 0.324 e. The van der Waals surface area contributed by atoms with E-state index in [0.29, 0.717) is 52.9 Å². The number of hydrogen-bond donors (Lipinski definition) is 6. The van der Waals surface area contributed by atoms with E-state index in [0.717, 1.165) is 0 Å². The number of aliphatic hydroxyl groups is 3. The van der Waals surface area contributed by atoms with Gasteiger partial charge >= 0.3 is 8.60 Å². The summed E-state index contributed by atoms with van der Waals surface area (Å²) < 4.78 is 0. The van der Waals surface area contributed by atoms with Gasteiger partial charge in [-0.1, -0.05) is 0 Å². The first-order valence-corrected chi connectivity index (χ1v) is 14.2. The van der Waals surface area contributed by atoms with Gasteiger partial charge in [-0.3, -0.25) is 0 Å². The van der Waals surface area contributed by atoms with Gasteiger partial charge in [0.25, 0.3) is 0 Å². The van der Waals surface area contributed by atoms with E-state index < -0.39 is 24.8 Å². The lowest BCUT2D eigenvalue weighted by atomic mass is 9.98. The van der Waals surface area contributed by atoms with Crippen LogP contribution in [0.5, 0.6) is 0 Å². The molecule has 0 aliphatic carbocycles. The summed E-state index contributed by atoms with van der Waals surface area (Å²) in [5.74, 6) is 2.72. The van der Waals surface area contributed by atoms with Crippen LogP contribution in [0.2, 0.25) is 0 Å². The van der Waals surface area contributed by atoms with Crippen LogP contribution >= 0.6 is 113 Å². The van der Waals surface area contributed by atoms with Crippen molar-refractivity contribution in [1.29, 1.82) is 0 Å². The quantitative estimate of drug-likeness (QED) is 0.138. The zero-order valence-corrected chi connectivity index (χ0v) is 24.2. The van der Waals surface area contributed by atoms with Gasteiger partial charge in [-0.2, -0.15) is 0 Å². The van der Waals surface area contributed by atoms with E-state index in [9.17, 15) is 0 Å². The maximum absolute atomic E-state index is 8.72. The third-order valence-corrected chi connectivity index (χ3v) is 8.66. The van der Waals surface area contributed by atoms with Crippen molar-refractivity contribution in [1.82, 2.24) is 0 Å². The van der Waals surface area contributed by atoms with Gasteiger partial charge in [-0.15, -0.1) is 104 Å². The number of aliphatic hydroxyl groups excluding tert-OH is 3. The lowest BCUT2D eigenvalue weighted by Crippen LogP contribution is -2.31. The normalized spacial score (nSPS) is 11.6. The average Bonchev–Trinajstić information content (AvgIpc) is 2.80. The van der Waals surface area contributed by atoms with Crippen molar-refractivity contribution in [3.05, 3.63) is 0 Å². The topological polar surface area (TPSA) is 121 Å². The highest BCUT2D eigenvalue weighted by Gasteiger charge is 2.27. The second-order valence-electron chi connectivity index (χ2n) is 6.45. The average molecular weight is 656 g/mol. The molecule has 0 rings (SSSR count). The van der Waals surface area contributed by atoms with Gasteiger partial charge in [-0.05, 0) is 0 Å². The Morgan fingerprint density at radius 3 is 0.484 bits per heavy atom.